The van der Waals surface area contributed by atoms with Gasteiger partial charge in [-0.05, 0) is 37.2 Å². The number of nitrogens with one attached hydrogen (secondary N) is 2. The minimum atomic E-state index is -0.595. The smallest absolute Gasteiger partial charge is 0.321 e. The van der Waals surface area contributed by atoms with Gasteiger partial charge in [-0.2, -0.15) is 0 Å². The molecule has 5 nitrogen and oxygen atoms in total. The van der Waals surface area contributed by atoms with Gasteiger partial charge in [-0.15, -0.1) is 0 Å². The van der Waals surface area contributed by atoms with Crippen LogP contribution in [-0.4, -0.2) is 30.4 Å². The van der Waals surface area contributed by atoms with Crippen LogP contribution < -0.4 is 10.6 Å². The highest BCUT2D eigenvalue weighted by atomic mass is 35.5. The first-order valence-electron chi connectivity index (χ1n) is 8.09. The summed E-state index contributed by atoms with van der Waals surface area (Å²) in [6.07, 6.45) is 0. The van der Waals surface area contributed by atoms with Crippen molar-refractivity contribution in [3.05, 3.63) is 70.7 Å². The van der Waals surface area contributed by atoms with Crippen LogP contribution in [0.5, 0.6) is 0 Å². The lowest BCUT2D eigenvalue weighted by atomic mass is 10.0. The molecular formula is C19H22ClN3O2. The summed E-state index contributed by atoms with van der Waals surface area (Å²) in [7, 11) is 1.84. The van der Waals surface area contributed by atoms with Gasteiger partial charge in [-0.1, -0.05) is 54.1 Å². The van der Waals surface area contributed by atoms with Gasteiger partial charge in [0.15, 0.2) is 0 Å². The number of hydrogen-bond donors (Lipinski definition) is 2. The third-order valence-electron chi connectivity index (χ3n) is 3.70. The Morgan fingerprint density at radius 1 is 1.12 bits per heavy atom. The molecule has 2 aromatic rings. The lowest BCUT2D eigenvalue weighted by Gasteiger charge is -2.27. The first kappa shape index (κ1) is 19.0. The standard InChI is InChI=1S/C19H22ClN3O2/c1-3-21-19(25)22-18(24)17(15-9-5-4-6-10-15)23(2)13-14-8-7-11-16(20)12-14/h4-12,17H,3,13H2,1-2H3,(H2,21,22,24,25)/t17-/m1/s1. The number of halogens is 1. The van der Waals surface area contributed by atoms with E-state index in [4.69, 9.17) is 11.6 Å². The summed E-state index contributed by atoms with van der Waals surface area (Å²) in [5, 5.41) is 5.62. The predicted molar refractivity (Wildman–Crippen MR) is 99.3 cm³/mol. The van der Waals surface area contributed by atoms with Crippen LogP contribution in [0.3, 0.4) is 0 Å². The number of rotatable bonds is 6. The number of likely N-dealkylation sites (N-methyl/N-ethyl adjacent to an activating group) is 1. The van der Waals surface area contributed by atoms with E-state index >= 15 is 0 Å². The SMILES string of the molecule is CCNC(=O)NC(=O)[C@@H](c1ccccc1)N(C)Cc1cccc(Cl)c1. The molecule has 0 saturated heterocycles. The highest BCUT2D eigenvalue weighted by Crippen LogP contribution is 2.22. The first-order chi connectivity index (χ1) is 12.0. The second-order valence-electron chi connectivity index (χ2n) is 5.71. The second-order valence-corrected chi connectivity index (χ2v) is 6.14. The lowest BCUT2D eigenvalue weighted by molar-refractivity contribution is -0.125. The Hall–Kier alpha value is -2.37. The van der Waals surface area contributed by atoms with Crippen molar-refractivity contribution >= 4 is 23.5 Å². The van der Waals surface area contributed by atoms with Crippen molar-refractivity contribution in [3.63, 3.8) is 0 Å². The fourth-order valence-electron chi connectivity index (χ4n) is 2.64. The number of imide groups is 1. The molecule has 0 aliphatic heterocycles. The Balaban J connectivity index is 2.21. The van der Waals surface area contributed by atoms with E-state index in [-0.39, 0.29) is 5.91 Å². The summed E-state index contributed by atoms with van der Waals surface area (Å²) in [4.78, 5) is 26.3. The van der Waals surface area contributed by atoms with Gasteiger partial charge >= 0.3 is 6.03 Å². The van der Waals surface area contributed by atoms with Crippen LogP contribution in [0.25, 0.3) is 0 Å². The summed E-state index contributed by atoms with van der Waals surface area (Å²) >= 11 is 6.04. The molecule has 2 N–H and O–H groups in total. The van der Waals surface area contributed by atoms with Gasteiger partial charge in [0.25, 0.3) is 0 Å². The van der Waals surface area contributed by atoms with Crippen molar-refractivity contribution in [2.75, 3.05) is 13.6 Å². The monoisotopic (exact) mass is 359 g/mol. The molecule has 1 atom stereocenters. The van der Waals surface area contributed by atoms with Crippen molar-refractivity contribution in [3.8, 4) is 0 Å². The van der Waals surface area contributed by atoms with Crippen molar-refractivity contribution in [1.82, 2.24) is 15.5 Å². The van der Waals surface area contributed by atoms with E-state index in [0.29, 0.717) is 18.1 Å². The third kappa shape index (κ3) is 5.59. The zero-order valence-corrected chi connectivity index (χ0v) is 15.1. The number of amides is 3. The van der Waals surface area contributed by atoms with Crippen LogP contribution in [0.2, 0.25) is 5.02 Å². The maximum Gasteiger partial charge on any atom is 0.321 e. The molecule has 0 heterocycles. The van der Waals surface area contributed by atoms with Crippen LogP contribution in [-0.2, 0) is 11.3 Å². The number of hydrogen-bond acceptors (Lipinski definition) is 3. The van der Waals surface area contributed by atoms with Crippen molar-refractivity contribution < 1.29 is 9.59 Å². The summed E-state index contributed by atoms with van der Waals surface area (Å²) in [5.74, 6) is -0.373. The van der Waals surface area contributed by atoms with Gasteiger partial charge < -0.3 is 5.32 Å². The minimum absolute atomic E-state index is 0.373. The van der Waals surface area contributed by atoms with Gasteiger partial charge in [-0.25, -0.2) is 4.79 Å². The highest BCUT2D eigenvalue weighted by molar-refractivity contribution is 6.30. The lowest BCUT2D eigenvalue weighted by Crippen LogP contribution is -2.45. The van der Waals surface area contributed by atoms with Crippen LogP contribution >= 0.6 is 11.6 Å². The molecule has 6 heteroatoms. The van der Waals surface area contributed by atoms with Crippen LogP contribution in [0, 0.1) is 0 Å². The number of nitrogens with zero attached hydrogens (tertiary/aromatic N) is 1. The van der Waals surface area contributed by atoms with Gasteiger partial charge in [0, 0.05) is 18.1 Å². The molecule has 0 saturated carbocycles. The van der Waals surface area contributed by atoms with E-state index in [0.717, 1.165) is 11.1 Å². The fraction of sp³-hybridized carbons (Fsp3) is 0.263. The Morgan fingerprint density at radius 3 is 2.48 bits per heavy atom. The molecule has 0 radical (unpaired) electrons. The van der Waals surface area contributed by atoms with Gasteiger partial charge in [0.1, 0.15) is 6.04 Å². The molecule has 0 aromatic heterocycles. The Bertz CT molecular complexity index is 722. The maximum atomic E-state index is 12.7. The molecular weight excluding hydrogens is 338 g/mol. The zero-order valence-electron chi connectivity index (χ0n) is 14.3. The van der Waals surface area contributed by atoms with E-state index in [1.807, 2.05) is 66.5 Å². The highest BCUT2D eigenvalue weighted by Gasteiger charge is 2.26. The molecule has 25 heavy (non-hydrogen) atoms. The van der Waals surface area contributed by atoms with E-state index in [2.05, 4.69) is 10.6 Å². The molecule has 0 bridgehead atoms. The van der Waals surface area contributed by atoms with Crippen molar-refractivity contribution in [1.29, 1.82) is 0 Å². The zero-order chi connectivity index (χ0) is 18.2. The molecule has 0 unspecified atom stereocenters. The van der Waals surface area contributed by atoms with Gasteiger partial charge in [-0.3, -0.25) is 15.0 Å². The van der Waals surface area contributed by atoms with E-state index in [1.54, 1.807) is 6.92 Å². The molecule has 2 rings (SSSR count). The van der Waals surface area contributed by atoms with E-state index < -0.39 is 12.1 Å². The molecule has 2 aromatic carbocycles. The Kier molecular flexibility index (Phi) is 6.98. The summed E-state index contributed by atoms with van der Waals surface area (Å²) < 4.78 is 0. The average Bonchev–Trinajstić information content (AvgIpc) is 2.56. The van der Waals surface area contributed by atoms with Crippen molar-refractivity contribution in [2.24, 2.45) is 0 Å². The molecule has 0 spiro atoms. The molecule has 0 aliphatic carbocycles. The van der Waals surface area contributed by atoms with Crippen LogP contribution in [0.1, 0.15) is 24.1 Å². The van der Waals surface area contributed by atoms with Crippen molar-refractivity contribution in [2.45, 2.75) is 19.5 Å². The molecule has 3 amide bonds. The van der Waals surface area contributed by atoms with Crippen LogP contribution in [0.4, 0.5) is 4.79 Å². The van der Waals surface area contributed by atoms with Gasteiger partial charge in [0.2, 0.25) is 5.91 Å². The molecule has 0 fully saturated rings. The quantitative estimate of drug-likeness (QED) is 0.831. The summed E-state index contributed by atoms with van der Waals surface area (Å²) in [5.41, 5.74) is 1.80. The van der Waals surface area contributed by atoms with E-state index in [9.17, 15) is 9.59 Å². The van der Waals surface area contributed by atoms with E-state index in [1.165, 1.54) is 0 Å². The van der Waals surface area contributed by atoms with Gasteiger partial charge in [0.05, 0.1) is 0 Å². The number of benzene rings is 2. The normalized spacial score (nSPS) is 11.8. The second kappa shape index (κ2) is 9.20. The topological polar surface area (TPSA) is 61.4 Å². The fourth-order valence-corrected chi connectivity index (χ4v) is 2.85. The Morgan fingerprint density at radius 2 is 1.84 bits per heavy atom. The predicted octanol–water partition coefficient (Wildman–Crippen LogP) is 3.36. The number of carbonyl (C=O) groups is 2. The largest absolute Gasteiger partial charge is 0.338 e. The van der Waals surface area contributed by atoms with Crippen LogP contribution in [0.15, 0.2) is 54.6 Å². The minimum Gasteiger partial charge on any atom is -0.338 e. The maximum absolute atomic E-state index is 12.7. The molecule has 132 valence electrons. The number of carbonyl (C=O) groups excluding carboxylic acids is 2. The summed E-state index contributed by atoms with van der Waals surface area (Å²) in [6, 6.07) is 15.8. The average molecular weight is 360 g/mol. The first-order valence-corrected chi connectivity index (χ1v) is 8.47. The molecule has 0 aliphatic rings. The summed E-state index contributed by atoms with van der Waals surface area (Å²) in [6.45, 7) is 2.76. The third-order valence-corrected chi connectivity index (χ3v) is 3.93. The number of urea groups is 1. The Labute approximate surface area is 153 Å².